The zero-order valence-corrected chi connectivity index (χ0v) is 16.2. The predicted molar refractivity (Wildman–Crippen MR) is 104 cm³/mol. The summed E-state index contributed by atoms with van der Waals surface area (Å²) >= 11 is 0. The van der Waals surface area contributed by atoms with Gasteiger partial charge in [-0.1, -0.05) is 0 Å². The van der Waals surface area contributed by atoms with E-state index in [1.807, 2.05) is 30.1 Å². The van der Waals surface area contributed by atoms with Crippen molar-refractivity contribution in [1.82, 2.24) is 25.1 Å². The van der Waals surface area contributed by atoms with Crippen molar-refractivity contribution in [2.24, 2.45) is 5.92 Å². The van der Waals surface area contributed by atoms with Gasteiger partial charge in [-0.05, 0) is 45.4 Å². The van der Waals surface area contributed by atoms with Gasteiger partial charge in [0.15, 0.2) is 0 Å². The van der Waals surface area contributed by atoms with E-state index in [1.54, 1.807) is 0 Å². The molecule has 0 aliphatic carbocycles. The molecule has 1 unspecified atom stereocenters. The fraction of sp³-hybridized carbons (Fsp3) is 0.450. The van der Waals surface area contributed by atoms with E-state index in [-0.39, 0.29) is 17.4 Å². The van der Waals surface area contributed by atoms with Crippen molar-refractivity contribution in [3.05, 3.63) is 30.4 Å². The van der Waals surface area contributed by atoms with Gasteiger partial charge in [0.2, 0.25) is 5.91 Å². The summed E-state index contributed by atoms with van der Waals surface area (Å²) in [5.74, 6) is 1.86. The summed E-state index contributed by atoms with van der Waals surface area (Å²) in [6, 6.07) is 4.09. The summed E-state index contributed by atoms with van der Waals surface area (Å²) < 4.78 is 8.06. The average Bonchev–Trinajstić information content (AvgIpc) is 3.30. The molecule has 1 aliphatic heterocycles. The molecule has 1 aliphatic rings. The molecule has 4 rings (SSSR count). The van der Waals surface area contributed by atoms with Gasteiger partial charge in [0, 0.05) is 30.6 Å². The Morgan fingerprint density at radius 1 is 1.30 bits per heavy atom. The monoisotopic (exact) mass is 367 g/mol. The van der Waals surface area contributed by atoms with E-state index in [1.165, 1.54) is 0 Å². The number of benzene rings is 1. The predicted octanol–water partition coefficient (Wildman–Crippen LogP) is 3.00. The van der Waals surface area contributed by atoms with Gasteiger partial charge < -0.3 is 15.0 Å². The molecule has 1 aromatic carbocycles. The number of nitrogens with zero attached hydrogens (tertiary/aromatic N) is 3. The maximum atomic E-state index is 11.4. The number of amides is 1. The molecule has 3 aromatic rings. The first-order valence-corrected chi connectivity index (χ1v) is 9.25. The number of hydrogen-bond acceptors (Lipinski definition) is 4. The van der Waals surface area contributed by atoms with E-state index in [0.717, 1.165) is 33.7 Å². The highest BCUT2D eigenvalue weighted by Gasteiger charge is 2.23. The molecule has 2 N–H and O–H groups in total. The molecule has 7 heteroatoms. The van der Waals surface area contributed by atoms with E-state index in [4.69, 9.17) is 4.74 Å². The molecule has 2 aromatic heterocycles. The molecule has 7 nitrogen and oxygen atoms in total. The minimum absolute atomic E-state index is 0.0751. The first-order valence-electron chi connectivity index (χ1n) is 9.25. The Bertz CT molecular complexity index is 996. The normalized spacial score (nSPS) is 17.5. The van der Waals surface area contributed by atoms with Crippen LogP contribution in [0.15, 0.2) is 24.5 Å². The van der Waals surface area contributed by atoms with Crippen molar-refractivity contribution in [1.29, 1.82) is 0 Å². The summed E-state index contributed by atoms with van der Waals surface area (Å²) in [5, 5.41) is 7.35. The van der Waals surface area contributed by atoms with E-state index in [9.17, 15) is 4.79 Å². The summed E-state index contributed by atoms with van der Waals surface area (Å²) in [6.07, 6.45) is 4.44. The minimum Gasteiger partial charge on any atom is -0.491 e. The molecule has 0 spiro atoms. The standard InChI is InChI=1S/C20H25N5O2/c1-12-23-16-6-14(15-9-22-25(10-15)20(2,3)4)7-17(19(16)24-12)27-11-13-5-18(26)21-8-13/h6-7,9-10,13H,5,8,11H2,1-4H3,(H,21,26)(H,23,24). The van der Waals surface area contributed by atoms with Gasteiger partial charge in [0.25, 0.3) is 0 Å². The molecule has 0 saturated carbocycles. The number of aromatic nitrogens is 4. The Labute approximate surface area is 158 Å². The molecule has 0 radical (unpaired) electrons. The SMILES string of the molecule is Cc1nc2c(OCC3CNC(=O)C3)cc(-c3cnn(C(C)(C)C)c3)cc2[nH]1. The van der Waals surface area contributed by atoms with Crippen LogP contribution < -0.4 is 10.1 Å². The minimum atomic E-state index is -0.0751. The third-order valence-electron chi connectivity index (χ3n) is 4.81. The number of carbonyl (C=O) groups is 1. The van der Waals surface area contributed by atoms with Crippen LogP contribution in [-0.4, -0.2) is 38.8 Å². The highest BCUT2D eigenvalue weighted by molar-refractivity contribution is 5.87. The summed E-state index contributed by atoms with van der Waals surface area (Å²) in [6.45, 7) is 9.45. The van der Waals surface area contributed by atoms with Crippen molar-refractivity contribution < 1.29 is 9.53 Å². The zero-order chi connectivity index (χ0) is 19.2. The van der Waals surface area contributed by atoms with Crippen LogP contribution in [0.5, 0.6) is 5.75 Å². The molecule has 1 atom stereocenters. The lowest BCUT2D eigenvalue weighted by molar-refractivity contribution is -0.119. The first kappa shape index (κ1) is 17.6. The molecule has 3 heterocycles. The van der Waals surface area contributed by atoms with E-state index in [2.05, 4.69) is 47.2 Å². The Morgan fingerprint density at radius 2 is 2.11 bits per heavy atom. The smallest absolute Gasteiger partial charge is 0.220 e. The third-order valence-corrected chi connectivity index (χ3v) is 4.81. The molecule has 1 fully saturated rings. The number of aryl methyl sites for hydroxylation is 1. The number of rotatable bonds is 4. The van der Waals surface area contributed by atoms with Crippen LogP contribution in [0, 0.1) is 12.8 Å². The Hall–Kier alpha value is -2.83. The molecule has 142 valence electrons. The molecular weight excluding hydrogens is 342 g/mol. The van der Waals surface area contributed by atoms with Crippen molar-refractivity contribution in [3.63, 3.8) is 0 Å². The van der Waals surface area contributed by atoms with Gasteiger partial charge >= 0.3 is 0 Å². The Balaban J connectivity index is 1.67. The lowest BCUT2D eigenvalue weighted by Crippen LogP contribution is -2.21. The third kappa shape index (κ3) is 3.54. The number of carbonyl (C=O) groups excluding carboxylic acids is 1. The second kappa shape index (κ2) is 6.40. The fourth-order valence-electron chi connectivity index (χ4n) is 3.31. The highest BCUT2D eigenvalue weighted by Crippen LogP contribution is 2.32. The van der Waals surface area contributed by atoms with Gasteiger partial charge in [0.1, 0.15) is 17.1 Å². The molecule has 0 bridgehead atoms. The second-order valence-electron chi connectivity index (χ2n) is 8.22. The number of ether oxygens (including phenoxy) is 1. The molecule has 27 heavy (non-hydrogen) atoms. The van der Waals surface area contributed by atoms with E-state index < -0.39 is 0 Å². The molecule has 1 saturated heterocycles. The number of hydrogen-bond donors (Lipinski definition) is 2. The van der Waals surface area contributed by atoms with Gasteiger partial charge in [-0.15, -0.1) is 0 Å². The number of imidazole rings is 1. The van der Waals surface area contributed by atoms with Crippen LogP contribution in [0.1, 0.15) is 33.0 Å². The van der Waals surface area contributed by atoms with Crippen LogP contribution in [-0.2, 0) is 10.3 Å². The maximum Gasteiger partial charge on any atom is 0.220 e. The van der Waals surface area contributed by atoms with Crippen LogP contribution in [0.4, 0.5) is 0 Å². The topological polar surface area (TPSA) is 84.8 Å². The number of nitrogens with one attached hydrogen (secondary N) is 2. The Kier molecular flexibility index (Phi) is 4.17. The van der Waals surface area contributed by atoms with E-state index >= 15 is 0 Å². The van der Waals surface area contributed by atoms with Crippen LogP contribution in [0.3, 0.4) is 0 Å². The van der Waals surface area contributed by atoms with Crippen molar-refractivity contribution in [2.45, 2.75) is 39.7 Å². The van der Waals surface area contributed by atoms with Crippen molar-refractivity contribution in [2.75, 3.05) is 13.2 Å². The highest BCUT2D eigenvalue weighted by atomic mass is 16.5. The first-order chi connectivity index (χ1) is 12.8. The van der Waals surface area contributed by atoms with Gasteiger partial charge in [-0.25, -0.2) is 4.98 Å². The maximum absolute atomic E-state index is 11.4. The van der Waals surface area contributed by atoms with Crippen molar-refractivity contribution in [3.8, 4) is 16.9 Å². The van der Waals surface area contributed by atoms with Crippen LogP contribution in [0.2, 0.25) is 0 Å². The number of fused-ring (bicyclic) bond motifs is 1. The quantitative estimate of drug-likeness (QED) is 0.742. The van der Waals surface area contributed by atoms with Crippen LogP contribution >= 0.6 is 0 Å². The largest absolute Gasteiger partial charge is 0.491 e. The fourth-order valence-corrected chi connectivity index (χ4v) is 3.31. The van der Waals surface area contributed by atoms with Gasteiger partial charge in [0.05, 0.1) is 23.9 Å². The Morgan fingerprint density at radius 3 is 2.78 bits per heavy atom. The number of H-pyrrole nitrogens is 1. The van der Waals surface area contributed by atoms with Gasteiger partial charge in [-0.2, -0.15) is 5.10 Å². The molecule has 1 amide bonds. The second-order valence-corrected chi connectivity index (χ2v) is 8.22. The summed E-state index contributed by atoms with van der Waals surface area (Å²) in [7, 11) is 0. The van der Waals surface area contributed by atoms with Gasteiger partial charge in [-0.3, -0.25) is 9.48 Å². The zero-order valence-electron chi connectivity index (χ0n) is 16.2. The number of aromatic amines is 1. The summed E-state index contributed by atoms with van der Waals surface area (Å²) in [4.78, 5) is 19.3. The lowest BCUT2D eigenvalue weighted by Gasteiger charge is -2.18. The van der Waals surface area contributed by atoms with Crippen molar-refractivity contribution >= 4 is 16.9 Å². The average molecular weight is 367 g/mol. The lowest BCUT2D eigenvalue weighted by atomic mass is 10.1. The molecular formula is C20H25N5O2. The summed E-state index contributed by atoms with van der Waals surface area (Å²) in [5.41, 5.74) is 3.73. The van der Waals surface area contributed by atoms with Crippen LogP contribution in [0.25, 0.3) is 22.2 Å². The van der Waals surface area contributed by atoms with E-state index in [0.29, 0.717) is 19.6 Å².